The maximum absolute atomic E-state index is 15.5. The van der Waals surface area contributed by atoms with Gasteiger partial charge in [0, 0.05) is 48.1 Å². The van der Waals surface area contributed by atoms with Gasteiger partial charge >= 0.3 is 0 Å². The second-order valence-electron chi connectivity index (χ2n) is 15.4. The minimum atomic E-state index is -3.83. The summed E-state index contributed by atoms with van der Waals surface area (Å²) in [6, 6.07) is 7.79. The van der Waals surface area contributed by atoms with E-state index in [2.05, 4.69) is 37.1 Å². The highest BCUT2D eigenvalue weighted by Gasteiger charge is 2.67. The quantitative estimate of drug-likeness (QED) is 0.102. The molecular formula is C40H34ClF6N9O3S. The standard InChI is InChI=1S/C40H34ClF6N9O3S/c1-39(2,55-12-11-48-19-55)10-9-23-5-6-24(25-7-8-28(41)32-35(25)54(3)52-38(32)53-60(4,58)59)33(49-23)29(15-20-13-21(42)16-22(43)14-20)50-30(57)18-56-36-31(34(51-56)37(44)45)26-17-27(26)40(36,46)47/h5-8,11-14,16,19,26-27,29,37H,15,17-18H2,1-4H3,(H,50,57)(H,52,53)/t26-,27+,29-/m0/s1. The van der Waals surface area contributed by atoms with Gasteiger partial charge in [-0.2, -0.15) is 19.0 Å². The Morgan fingerprint density at radius 1 is 1.07 bits per heavy atom. The number of rotatable bonds is 11. The number of pyridine rings is 1. The van der Waals surface area contributed by atoms with Gasteiger partial charge in [0.25, 0.3) is 12.3 Å². The summed E-state index contributed by atoms with van der Waals surface area (Å²) in [6.45, 7) is 2.78. The number of sulfonamides is 1. The molecule has 20 heteroatoms. The van der Waals surface area contributed by atoms with E-state index in [0.717, 1.165) is 18.4 Å². The number of amides is 1. The number of alkyl halides is 4. The number of nitrogens with zero attached hydrogens (tertiary/aromatic N) is 7. The second kappa shape index (κ2) is 14.7. The average Bonchev–Trinajstić information content (AvgIpc) is 3.41. The first-order valence-corrected chi connectivity index (χ1v) is 20.7. The molecule has 12 nitrogen and oxygen atoms in total. The first kappa shape index (κ1) is 40.9. The smallest absolute Gasteiger partial charge is 0.293 e. The van der Waals surface area contributed by atoms with Crippen LogP contribution >= 0.6 is 11.6 Å². The fraction of sp³-hybridized carbons (Fsp3) is 0.325. The molecule has 2 aliphatic carbocycles. The van der Waals surface area contributed by atoms with Crippen LogP contribution in [0.5, 0.6) is 0 Å². The lowest BCUT2D eigenvalue weighted by Gasteiger charge is -2.23. The second-order valence-corrected chi connectivity index (χ2v) is 17.5. The fourth-order valence-electron chi connectivity index (χ4n) is 7.89. The third kappa shape index (κ3) is 7.58. The summed E-state index contributed by atoms with van der Waals surface area (Å²) >= 11 is 6.63. The molecule has 1 amide bonds. The van der Waals surface area contributed by atoms with Crippen LogP contribution in [0.1, 0.15) is 72.6 Å². The van der Waals surface area contributed by atoms with Crippen LogP contribution in [0, 0.1) is 29.4 Å². The molecule has 6 aromatic rings. The number of carbonyl (C=O) groups excluding carboxylic acids is 1. The molecule has 0 spiro atoms. The molecule has 0 saturated heterocycles. The minimum absolute atomic E-state index is 0.0253. The fourth-order valence-corrected chi connectivity index (χ4v) is 8.62. The van der Waals surface area contributed by atoms with Gasteiger partial charge in [0.1, 0.15) is 40.8 Å². The van der Waals surface area contributed by atoms with Crippen LogP contribution in [-0.4, -0.2) is 54.7 Å². The van der Waals surface area contributed by atoms with Crippen LogP contribution < -0.4 is 10.0 Å². The summed E-state index contributed by atoms with van der Waals surface area (Å²) in [7, 11) is -2.28. The van der Waals surface area contributed by atoms with E-state index in [-0.39, 0.29) is 51.6 Å². The number of anilines is 1. The molecule has 0 aliphatic heterocycles. The van der Waals surface area contributed by atoms with Gasteiger partial charge in [-0.25, -0.2) is 35.9 Å². The number of nitrogens with one attached hydrogen (secondary N) is 2. The summed E-state index contributed by atoms with van der Waals surface area (Å²) in [4.78, 5) is 23.0. The SMILES string of the molecule is Cn1nc(NS(C)(=O)=O)c2c(Cl)ccc(-c3ccc(C#CC(C)(C)n4ccnc4)nc3[C@H](Cc3cc(F)cc(F)c3)NC(=O)Cn3nc(C(F)F)c4c3C(F)(F)[C@@H]3C[C@H]43)c21. The van der Waals surface area contributed by atoms with Crippen LogP contribution in [0.15, 0.2) is 61.2 Å². The van der Waals surface area contributed by atoms with E-state index in [0.29, 0.717) is 27.4 Å². The highest BCUT2D eigenvalue weighted by atomic mass is 35.5. The van der Waals surface area contributed by atoms with Crippen molar-refractivity contribution in [1.29, 1.82) is 0 Å². The maximum atomic E-state index is 15.5. The Bertz CT molecular complexity index is 2870. The van der Waals surface area contributed by atoms with E-state index in [1.54, 1.807) is 48.5 Å². The number of aromatic nitrogens is 7. The molecule has 4 heterocycles. The minimum Gasteiger partial charge on any atom is -0.346 e. The maximum Gasteiger partial charge on any atom is 0.293 e. The van der Waals surface area contributed by atoms with Crippen molar-refractivity contribution in [2.24, 2.45) is 13.0 Å². The zero-order chi connectivity index (χ0) is 43.1. The van der Waals surface area contributed by atoms with E-state index in [1.165, 1.54) is 10.7 Å². The molecule has 2 aromatic carbocycles. The van der Waals surface area contributed by atoms with Crippen molar-refractivity contribution in [3.63, 3.8) is 0 Å². The molecule has 2 aliphatic rings. The number of aryl methyl sites for hydroxylation is 1. The van der Waals surface area contributed by atoms with Gasteiger partial charge in [0.05, 0.1) is 40.2 Å². The molecular weight excluding hydrogens is 836 g/mol. The summed E-state index contributed by atoms with van der Waals surface area (Å²) in [5.74, 6) is -2.14. The largest absolute Gasteiger partial charge is 0.346 e. The number of benzene rings is 2. The van der Waals surface area contributed by atoms with Crippen molar-refractivity contribution in [3.8, 4) is 23.0 Å². The van der Waals surface area contributed by atoms with Gasteiger partial charge < -0.3 is 9.88 Å². The summed E-state index contributed by atoms with van der Waals surface area (Å²) < 4.78 is 119. The van der Waals surface area contributed by atoms with E-state index < -0.39 is 81.3 Å². The Balaban J connectivity index is 1.29. The Morgan fingerprint density at radius 3 is 2.45 bits per heavy atom. The van der Waals surface area contributed by atoms with Crippen LogP contribution in [0.2, 0.25) is 5.02 Å². The molecule has 0 bridgehead atoms. The summed E-state index contributed by atoms with van der Waals surface area (Å²) in [6.07, 6.45) is 2.39. The summed E-state index contributed by atoms with van der Waals surface area (Å²) in [5, 5.41) is 11.2. The van der Waals surface area contributed by atoms with Crippen LogP contribution in [0.25, 0.3) is 22.0 Å². The van der Waals surface area contributed by atoms with Gasteiger partial charge in [-0.3, -0.25) is 18.9 Å². The number of carbonyl (C=O) groups is 1. The lowest BCUT2D eigenvalue weighted by atomic mass is 9.93. The third-order valence-electron chi connectivity index (χ3n) is 10.6. The van der Waals surface area contributed by atoms with Crippen molar-refractivity contribution in [2.45, 2.75) is 63.1 Å². The third-order valence-corrected chi connectivity index (χ3v) is 11.4. The number of halogens is 7. The first-order chi connectivity index (χ1) is 28.2. The Kier molecular flexibility index (Phi) is 10.0. The van der Waals surface area contributed by atoms with Gasteiger partial charge in [-0.1, -0.05) is 23.6 Å². The van der Waals surface area contributed by atoms with Crippen molar-refractivity contribution >= 4 is 44.3 Å². The van der Waals surface area contributed by atoms with Gasteiger partial charge in [-0.05, 0) is 74.4 Å². The number of imidazole rings is 1. The first-order valence-electron chi connectivity index (χ1n) is 18.4. The molecule has 3 atom stereocenters. The zero-order valence-corrected chi connectivity index (χ0v) is 33.7. The number of hydrogen-bond acceptors (Lipinski definition) is 7. The predicted octanol–water partition coefficient (Wildman–Crippen LogP) is 7.36. The molecule has 1 fully saturated rings. The van der Waals surface area contributed by atoms with Crippen LogP contribution in [0.3, 0.4) is 0 Å². The molecule has 0 unspecified atom stereocenters. The Labute approximate surface area is 344 Å². The molecule has 60 heavy (non-hydrogen) atoms. The zero-order valence-electron chi connectivity index (χ0n) is 32.1. The lowest BCUT2D eigenvalue weighted by Crippen LogP contribution is -2.35. The Hall–Kier alpha value is -5.87. The van der Waals surface area contributed by atoms with Crippen LogP contribution in [0.4, 0.5) is 32.2 Å². The monoisotopic (exact) mass is 869 g/mol. The highest BCUT2D eigenvalue weighted by Crippen LogP contribution is 2.68. The van der Waals surface area contributed by atoms with E-state index >= 15 is 8.78 Å². The van der Waals surface area contributed by atoms with Gasteiger partial charge in [-0.15, -0.1) is 0 Å². The topological polar surface area (TPSA) is 142 Å². The lowest BCUT2D eigenvalue weighted by molar-refractivity contribution is -0.123. The predicted molar refractivity (Wildman–Crippen MR) is 209 cm³/mol. The highest BCUT2D eigenvalue weighted by molar-refractivity contribution is 7.92. The molecule has 8 rings (SSSR count). The number of fused-ring (bicyclic) bond motifs is 4. The molecule has 0 radical (unpaired) electrons. The molecule has 2 N–H and O–H groups in total. The van der Waals surface area contributed by atoms with E-state index in [1.807, 2.05) is 13.8 Å². The molecule has 1 saturated carbocycles. The van der Waals surface area contributed by atoms with Gasteiger partial charge in [0.2, 0.25) is 15.9 Å². The van der Waals surface area contributed by atoms with E-state index in [9.17, 15) is 30.8 Å². The van der Waals surface area contributed by atoms with Gasteiger partial charge in [0.15, 0.2) is 5.82 Å². The van der Waals surface area contributed by atoms with Crippen molar-refractivity contribution < 1.29 is 39.6 Å². The normalized spacial score (nSPS) is 17.3. The van der Waals surface area contributed by atoms with Crippen molar-refractivity contribution in [2.75, 3.05) is 11.0 Å². The van der Waals surface area contributed by atoms with Crippen LogP contribution in [-0.2, 0) is 46.3 Å². The van der Waals surface area contributed by atoms with Crippen molar-refractivity contribution in [1.82, 2.24) is 39.4 Å². The van der Waals surface area contributed by atoms with E-state index in [4.69, 9.17) is 16.6 Å². The average molecular weight is 870 g/mol. The molecule has 4 aromatic heterocycles. The summed E-state index contributed by atoms with van der Waals surface area (Å²) in [5.41, 5.74) is -1.25. The Morgan fingerprint density at radius 2 is 1.78 bits per heavy atom. The molecule has 312 valence electrons. The van der Waals surface area contributed by atoms with Crippen molar-refractivity contribution in [3.05, 3.63) is 112 Å². The number of hydrogen-bond donors (Lipinski definition) is 2.